The maximum Gasteiger partial charge on any atom is 0.0695 e. The summed E-state index contributed by atoms with van der Waals surface area (Å²) in [5.74, 6) is 0. The first kappa shape index (κ1) is 9.44. The average molecular weight is 184 g/mol. The Bertz CT molecular complexity index is 170. The Balaban J connectivity index is 1.88. The lowest BCUT2D eigenvalue weighted by Gasteiger charge is -2.43. The molecule has 76 valence electrons. The van der Waals surface area contributed by atoms with Crippen LogP contribution in [0.3, 0.4) is 0 Å². The lowest BCUT2D eigenvalue weighted by molar-refractivity contribution is 0.00178. The normalized spacial score (nSPS) is 36.2. The molecular weight excluding hydrogens is 164 g/mol. The fourth-order valence-corrected chi connectivity index (χ4v) is 2.40. The van der Waals surface area contributed by atoms with Crippen molar-refractivity contribution in [1.82, 2.24) is 10.2 Å². The quantitative estimate of drug-likeness (QED) is 0.643. The Morgan fingerprint density at radius 3 is 2.46 bits per heavy atom. The lowest BCUT2D eigenvalue weighted by Crippen LogP contribution is -2.60. The number of rotatable bonds is 2. The number of likely N-dealkylation sites (N-methyl/N-ethyl adjacent to an activating group) is 1. The van der Waals surface area contributed by atoms with Gasteiger partial charge in [0.25, 0.3) is 0 Å². The van der Waals surface area contributed by atoms with Crippen molar-refractivity contribution in [2.75, 3.05) is 20.1 Å². The second-order valence-electron chi connectivity index (χ2n) is 4.40. The van der Waals surface area contributed by atoms with Crippen molar-refractivity contribution in [1.29, 1.82) is 0 Å². The highest BCUT2D eigenvalue weighted by atomic mass is 16.3. The smallest absolute Gasteiger partial charge is 0.0695 e. The number of aliphatic hydroxyl groups is 1. The summed E-state index contributed by atoms with van der Waals surface area (Å²) in [5, 5.41) is 13.1. The van der Waals surface area contributed by atoms with Crippen LogP contribution in [0.15, 0.2) is 0 Å². The zero-order valence-electron chi connectivity index (χ0n) is 8.37. The molecule has 0 radical (unpaired) electrons. The third kappa shape index (κ3) is 1.87. The summed E-state index contributed by atoms with van der Waals surface area (Å²) in [6, 6.07) is 1.08. The molecule has 2 unspecified atom stereocenters. The highest BCUT2D eigenvalue weighted by molar-refractivity contribution is 4.90. The van der Waals surface area contributed by atoms with Crippen LogP contribution in [0, 0.1) is 0 Å². The van der Waals surface area contributed by atoms with Gasteiger partial charge in [-0.2, -0.15) is 0 Å². The molecule has 0 bridgehead atoms. The molecule has 1 saturated carbocycles. The van der Waals surface area contributed by atoms with Crippen LogP contribution in [-0.4, -0.2) is 48.3 Å². The van der Waals surface area contributed by atoms with E-state index in [1.807, 2.05) is 0 Å². The zero-order chi connectivity index (χ0) is 9.26. The molecule has 1 aliphatic heterocycles. The number of nitrogens with zero attached hydrogens (tertiary/aromatic N) is 1. The molecule has 0 aromatic rings. The Morgan fingerprint density at radius 1 is 1.23 bits per heavy atom. The molecule has 2 aliphatic rings. The summed E-state index contributed by atoms with van der Waals surface area (Å²) in [6.07, 6.45) is 4.57. The van der Waals surface area contributed by atoms with E-state index in [1.54, 1.807) is 0 Å². The first-order valence-electron chi connectivity index (χ1n) is 5.40. The molecule has 3 nitrogen and oxygen atoms in total. The van der Waals surface area contributed by atoms with Crippen LogP contribution < -0.4 is 5.32 Å². The Hall–Kier alpha value is -0.120. The van der Waals surface area contributed by atoms with Gasteiger partial charge in [-0.3, -0.25) is 4.90 Å². The second-order valence-corrected chi connectivity index (χ2v) is 4.40. The van der Waals surface area contributed by atoms with Crippen molar-refractivity contribution in [3.05, 3.63) is 0 Å². The van der Waals surface area contributed by atoms with Crippen molar-refractivity contribution in [3.8, 4) is 0 Å². The number of aliphatic hydroxyl groups excluding tert-OH is 1. The van der Waals surface area contributed by atoms with Gasteiger partial charge in [-0.1, -0.05) is 12.8 Å². The van der Waals surface area contributed by atoms with Crippen LogP contribution in [0.25, 0.3) is 0 Å². The van der Waals surface area contributed by atoms with E-state index in [0.717, 1.165) is 19.5 Å². The van der Waals surface area contributed by atoms with E-state index < -0.39 is 0 Å². The SMILES string of the molecule is CN(C1CNC1)C1CCCCC1O. The summed E-state index contributed by atoms with van der Waals surface area (Å²) in [4.78, 5) is 2.38. The van der Waals surface area contributed by atoms with Crippen molar-refractivity contribution < 1.29 is 5.11 Å². The zero-order valence-corrected chi connectivity index (χ0v) is 8.37. The Labute approximate surface area is 80.1 Å². The van der Waals surface area contributed by atoms with Crippen molar-refractivity contribution in [3.63, 3.8) is 0 Å². The van der Waals surface area contributed by atoms with Gasteiger partial charge in [-0.15, -0.1) is 0 Å². The molecule has 1 heterocycles. The van der Waals surface area contributed by atoms with Gasteiger partial charge < -0.3 is 10.4 Å². The van der Waals surface area contributed by atoms with Gasteiger partial charge in [0.1, 0.15) is 0 Å². The minimum Gasteiger partial charge on any atom is -0.391 e. The van der Waals surface area contributed by atoms with Crippen molar-refractivity contribution in [2.45, 2.75) is 43.9 Å². The molecule has 2 N–H and O–H groups in total. The average Bonchev–Trinajstić information content (AvgIpc) is 2.01. The molecule has 2 rings (SSSR count). The largest absolute Gasteiger partial charge is 0.391 e. The molecule has 0 amide bonds. The van der Waals surface area contributed by atoms with Gasteiger partial charge >= 0.3 is 0 Å². The minimum atomic E-state index is -0.0839. The first-order chi connectivity index (χ1) is 6.29. The highest BCUT2D eigenvalue weighted by Crippen LogP contribution is 2.24. The second kappa shape index (κ2) is 3.95. The summed E-state index contributed by atoms with van der Waals surface area (Å²) < 4.78 is 0. The predicted octanol–water partition coefficient (Wildman–Crippen LogP) is 0.193. The van der Waals surface area contributed by atoms with E-state index >= 15 is 0 Å². The van der Waals surface area contributed by atoms with Crippen LogP contribution in [0.5, 0.6) is 0 Å². The molecule has 1 saturated heterocycles. The third-order valence-electron chi connectivity index (χ3n) is 3.55. The van der Waals surface area contributed by atoms with Crippen LogP contribution >= 0.6 is 0 Å². The van der Waals surface area contributed by atoms with Gasteiger partial charge in [0.2, 0.25) is 0 Å². The maximum atomic E-state index is 9.85. The standard InChI is InChI=1S/C10H20N2O/c1-12(8-6-11-7-8)9-4-2-3-5-10(9)13/h8-11,13H,2-7H2,1H3. The molecule has 2 atom stereocenters. The number of nitrogens with one attached hydrogen (secondary N) is 1. The van der Waals surface area contributed by atoms with E-state index in [9.17, 15) is 5.11 Å². The van der Waals surface area contributed by atoms with Gasteiger partial charge in [0, 0.05) is 25.2 Å². The maximum absolute atomic E-state index is 9.85. The molecular formula is C10H20N2O. The molecule has 0 aromatic carbocycles. The Kier molecular flexibility index (Phi) is 2.86. The summed E-state index contributed by atoms with van der Waals surface area (Å²) >= 11 is 0. The first-order valence-corrected chi connectivity index (χ1v) is 5.40. The number of hydrogen-bond donors (Lipinski definition) is 2. The predicted molar refractivity (Wildman–Crippen MR) is 52.7 cm³/mol. The summed E-state index contributed by atoms with van der Waals surface area (Å²) in [7, 11) is 2.16. The molecule has 1 aliphatic carbocycles. The van der Waals surface area contributed by atoms with E-state index in [0.29, 0.717) is 12.1 Å². The molecule has 3 heteroatoms. The summed E-state index contributed by atoms with van der Waals surface area (Å²) in [6.45, 7) is 2.19. The fraction of sp³-hybridized carbons (Fsp3) is 1.00. The van der Waals surface area contributed by atoms with E-state index in [-0.39, 0.29) is 6.10 Å². The van der Waals surface area contributed by atoms with Gasteiger partial charge in [-0.05, 0) is 19.9 Å². The van der Waals surface area contributed by atoms with E-state index in [2.05, 4.69) is 17.3 Å². The van der Waals surface area contributed by atoms with Crippen LogP contribution in [0.1, 0.15) is 25.7 Å². The van der Waals surface area contributed by atoms with Crippen LogP contribution in [0.4, 0.5) is 0 Å². The molecule has 2 fully saturated rings. The topological polar surface area (TPSA) is 35.5 Å². The van der Waals surface area contributed by atoms with E-state index in [4.69, 9.17) is 0 Å². The highest BCUT2D eigenvalue weighted by Gasteiger charge is 2.32. The van der Waals surface area contributed by atoms with Crippen LogP contribution in [0.2, 0.25) is 0 Å². The minimum absolute atomic E-state index is 0.0839. The molecule has 13 heavy (non-hydrogen) atoms. The van der Waals surface area contributed by atoms with Crippen LogP contribution in [-0.2, 0) is 0 Å². The Morgan fingerprint density at radius 2 is 1.92 bits per heavy atom. The van der Waals surface area contributed by atoms with Gasteiger partial charge in [0.15, 0.2) is 0 Å². The lowest BCUT2D eigenvalue weighted by atomic mass is 9.90. The number of hydrogen-bond acceptors (Lipinski definition) is 3. The van der Waals surface area contributed by atoms with Crippen molar-refractivity contribution in [2.24, 2.45) is 0 Å². The fourth-order valence-electron chi connectivity index (χ4n) is 2.40. The third-order valence-corrected chi connectivity index (χ3v) is 3.55. The molecule has 0 aromatic heterocycles. The summed E-state index contributed by atoms with van der Waals surface area (Å²) in [5.41, 5.74) is 0. The van der Waals surface area contributed by atoms with Gasteiger partial charge in [-0.25, -0.2) is 0 Å². The molecule has 0 spiro atoms. The monoisotopic (exact) mass is 184 g/mol. The van der Waals surface area contributed by atoms with Gasteiger partial charge in [0.05, 0.1) is 6.10 Å². The van der Waals surface area contributed by atoms with E-state index in [1.165, 1.54) is 19.3 Å². The van der Waals surface area contributed by atoms with Crippen molar-refractivity contribution >= 4 is 0 Å².